The number of rotatable bonds is 3. The standard InChI is InChI=1S/C15H16ClN3O4/c1-15(2,3)23-14(22)17-10-6-8(16)4-5-9(10)11-7-12(13(20)21)19-18-11/h4-7H,1-3H3,(H,17,22)(H,18,19)(H,20,21). The molecule has 2 rings (SSSR count). The van der Waals surface area contributed by atoms with E-state index in [1.807, 2.05) is 0 Å². The van der Waals surface area contributed by atoms with Crippen LogP contribution in [0, 0.1) is 0 Å². The third kappa shape index (κ3) is 4.46. The van der Waals surface area contributed by atoms with E-state index < -0.39 is 17.7 Å². The highest BCUT2D eigenvalue weighted by Gasteiger charge is 2.19. The number of nitrogens with zero attached hydrogens (tertiary/aromatic N) is 1. The summed E-state index contributed by atoms with van der Waals surface area (Å²) in [6.45, 7) is 5.24. The molecule has 2 aromatic rings. The first-order chi connectivity index (χ1) is 10.7. The molecule has 1 amide bonds. The van der Waals surface area contributed by atoms with E-state index in [4.69, 9.17) is 21.4 Å². The number of amides is 1. The molecule has 0 bridgehead atoms. The van der Waals surface area contributed by atoms with Gasteiger partial charge in [0, 0.05) is 10.6 Å². The lowest BCUT2D eigenvalue weighted by molar-refractivity contribution is 0.0634. The van der Waals surface area contributed by atoms with Crippen molar-refractivity contribution in [3.63, 3.8) is 0 Å². The minimum Gasteiger partial charge on any atom is -0.477 e. The summed E-state index contributed by atoms with van der Waals surface area (Å²) >= 11 is 5.96. The Hall–Kier alpha value is -2.54. The zero-order valence-corrected chi connectivity index (χ0v) is 13.6. The fourth-order valence-electron chi connectivity index (χ4n) is 1.83. The predicted molar refractivity (Wildman–Crippen MR) is 85.8 cm³/mol. The van der Waals surface area contributed by atoms with Crippen LogP contribution >= 0.6 is 11.6 Å². The molecule has 1 aromatic carbocycles. The van der Waals surface area contributed by atoms with Gasteiger partial charge in [0.05, 0.1) is 11.4 Å². The number of carboxylic acids is 1. The van der Waals surface area contributed by atoms with Gasteiger partial charge in [-0.25, -0.2) is 9.59 Å². The van der Waals surface area contributed by atoms with Gasteiger partial charge in [-0.2, -0.15) is 5.10 Å². The Kier molecular flexibility index (Phi) is 4.60. The predicted octanol–water partition coefficient (Wildman–Crippen LogP) is 3.78. The molecule has 0 spiro atoms. The van der Waals surface area contributed by atoms with Crippen LogP contribution in [0.25, 0.3) is 11.3 Å². The molecular formula is C15H16ClN3O4. The summed E-state index contributed by atoms with van der Waals surface area (Å²) < 4.78 is 5.20. The molecule has 0 aliphatic carbocycles. The lowest BCUT2D eigenvalue weighted by Crippen LogP contribution is -2.27. The maximum atomic E-state index is 11.9. The monoisotopic (exact) mass is 337 g/mol. The van der Waals surface area contributed by atoms with E-state index in [1.54, 1.807) is 32.9 Å². The summed E-state index contributed by atoms with van der Waals surface area (Å²) in [5.74, 6) is -1.13. The molecule has 0 aliphatic heterocycles. The molecule has 7 nitrogen and oxygen atoms in total. The number of aromatic amines is 1. The first-order valence-electron chi connectivity index (χ1n) is 6.74. The second-order valence-corrected chi connectivity index (χ2v) is 6.23. The van der Waals surface area contributed by atoms with E-state index in [2.05, 4.69) is 15.5 Å². The molecule has 0 unspecified atom stereocenters. The number of hydrogen-bond acceptors (Lipinski definition) is 4. The number of benzene rings is 1. The van der Waals surface area contributed by atoms with Crippen molar-refractivity contribution in [2.45, 2.75) is 26.4 Å². The van der Waals surface area contributed by atoms with Gasteiger partial charge >= 0.3 is 12.1 Å². The van der Waals surface area contributed by atoms with Gasteiger partial charge in [0.2, 0.25) is 0 Å². The van der Waals surface area contributed by atoms with Crippen molar-refractivity contribution in [2.75, 3.05) is 5.32 Å². The van der Waals surface area contributed by atoms with Crippen LogP contribution in [0.5, 0.6) is 0 Å². The Balaban J connectivity index is 2.33. The minimum atomic E-state index is -1.13. The zero-order valence-electron chi connectivity index (χ0n) is 12.8. The first kappa shape index (κ1) is 16.8. The summed E-state index contributed by atoms with van der Waals surface area (Å²) in [5, 5.41) is 18.3. The number of halogens is 1. The van der Waals surface area contributed by atoms with Crippen LogP contribution in [-0.4, -0.2) is 33.0 Å². The largest absolute Gasteiger partial charge is 0.477 e. The first-order valence-corrected chi connectivity index (χ1v) is 7.12. The molecule has 23 heavy (non-hydrogen) atoms. The second kappa shape index (κ2) is 6.29. The maximum absolute atomic E-state index is 11.9. The summed E-state index contributed by atoms with van der Waals surface area (Å²) in [6, 6.07) is 6.16. The number of H-pyrrole nitrogens is 1. The van der Waals surface area contributed by atoms with E-state index in [9.17, 15) is 9.59 Å². The maximum Gasteiger partial charge on any atom is 0.412 e. The van der Waals surface area contributed by atoms with Crippen LogP contribution in [0.15, 0.2) is 24.3 Å². The molecule has 0 aliphatic rings. The highest BCUT2D eigenvalue weighted by Crippen LogP contribution is 2.30. The van der Waals surface area contributed by atoms with Crippen molar-refractivity contribution in [1.82, 2.24) is 10.2 Å². The van der Waals surface area contributed by atoms with Gasteiger partial charge in [0.15, 0.2) is 0 Å². The van der Waals surface area contributed by atoms with Crippen LogP contribution < -0.4 is 5.32 Å². The van der Waals surface area contributed by atoms with Crippen molar-refractivity contribution >= 4 is 29.4 Å². The number of carboxylic acid groups (broad SMARTS) is 1. The molecule has 0 fully saturated rings. The molecule has 0 saturated heterocycles. The van der Waals surface area contributed by atoms with Crippen LogP contribution in [0.2, 0.25) is 5.02 Å². The van der Waals surface area contributed by atoms with Gasteiger partial charge in [-0.05, 0) is 45.0 Å². The van der Waals surface area contributed by atoms with E-state index in [-0.39, 0.29) is 5.69 Å². The van der Waals surface area contributed by atoms with Crippen molar-refractivity contribution in [1.29, 1.82) is 0 Å². The summed E-state index contributed by atoms with van der Waals surface area (Å²) in [7, 11) is 0. The third-order valence-corrected chi connectivity index (χ3v) is 2.94. The van der Waals surface area contributed by atoms with Crippen molar-refractivity contribution < 1.29 is 19.4 Å². The van der Waals surface area contributed by atoms with Crippen molar-refractivity contribution in [3.8, 4) is 11.3 Å². The van der Waals surface area contributed by atoms with E-state index in [1.165, 1.54) is 12.1 Å². The smallest absolute Gasteiger partial charge is 0.412 e. The SMILES string of the molecule is CC(C)(C)OC(=O)Nc1cc(Cl)ccc1-c1cc(C(=O)O)[nH]n1. The number of aromatic nitrogens is 2. The molecule has 0 saturated carbocycles. The van der Waals surface area contributed by atoms with Crippen LogP contribution in [0.1, 0.15) is 31.3 Å². The van der Waals surface area contributed by atoms with Gasteiger partial charge in [0.25, 0.3) is 0 Å². The van der Waals surface area contributed by atoms with Gasteiger partial charge < -0.3 is 9.84 Å². The van der Waals surface area contributed by atoms with Gasteiger partial charge in [-0.3, -0.25) is 10.4 Å². The molecular weight excluding hydrogens is 322 g/mol. The number of aromatic carboxylic acids is 1. The highest BCUT2D eigenvalue weighted by atomic mass is 35.5. The summed E-state index contributed by atoms with van der Waals surface area (Å²) in [6.07, 6.45) is -0.644. The Labute approximate surface area is 137 Å². The average Bonchev–Trinajstić information content (AvgIpc) is 2.86. The minimum absolute atomic E-state index is 0.0573. The van der Waals surface area contributed by atoms with Gasteiger partial charge in [0.1, 0.15) is 11.3 Å². The van der Waals surface area contributed by atoms with Crippen LogP contribution in [0.3, 0.4) is 0 Å². The molecule has 0 atom stereocenters. The normalized spacial score (nSPS) is 11.1. The fourth-order valence-corrected chi connectivity index (χ4v) is 2.00. The Bertz CT molecular complexity index is 749. The van der Waals surface area contributed by atoms with E-state index >= 15 is 0 Å². The molecule has 3 N–H and O–H groups in total. The van der Waals surface area contributed by atoms with Crippen LogP contribution in [0.4, 0.5) is 10.5 Å². The molecule has 122 valence electrons. The quantitative estimate of drug-likeness (QED) is 0.790. The number of carbonyl (C=O) groups is 2. The molecule has 0 radical (unpaired) electrons. The molecule has 1 aromatic heterocycles. The summed E-state index contributed by atoms with van der Waals surface area (Å²) in [4.78, 5) is 22.9. The number of nitrogens with one attached hydrogen (secondary N) is 2. The fraction of sp³-hybridized carbons (Fsp3) is 0.267. The van der Waals surface area contributed by atoms with Crippen LogP contribution in [-0.2, 0) is 4.74 Å². The zero-order chi connectivity index (χ0) is 17.2. The van der Waals surface area contributed by atoms with Crippen molar-refractivity contribution in [3.05, 3.63) is 35.0 Å². The Morgan fingerprint density at radius 3 is 2.57 bits per heavy atom. The van der Waals surface area contributed by atoms with Gasteiger partial charge in [-0.1, -0.05) is 11.6 Å². The molecule has 8 heteroatoms. The van der Waals surface area contributed by atoms with Gasteiger partial charge in [-0.15, -0.1) is 0 Å². The number of hydrogen-bond donors (Lipinski definition) is 3. The molecule has 1 heterocycles. The average molecular weight is 338 g/mol. The lowest BCUT2D eigenvalue weighted by Gasteiger charge is -2.20. The van der Waals surface area contributed by atoms with Crippen molar-refractivity contribution in [2.24, 2.45) is 0 Å². The number of ether oxygens (including phenoxy) is 1. The summed E-state index contributed by atoms with van der Waals surface area (Å²) in [5.41, 5.74) is 0.550. The number of anilines is 1. The topological polar surface area (TPSA) is 104 Å². The Morgan fingerprint density at radius 2 is 2.00 bits per heavy atom. The lowest BCUT2D eigenvalue weighted by atomic mass is 10.1. The Morgan fingerprint density at radius 1 is 1.30 bits per heavy atom. The van der Waals surface area contributed by atoms with E-state index in [0.717, 1.165) is 0 Å². The second-order valence-electron chi connectivity index (χ2n) is 5.79. The van der Waals surface area contributed by atoms with E-state index in [0.29, 0.717) is 22.0 Å². The number of carbonyl (C=O) groups excluding carboxylic acids is 1. The highest BCUT2D eigenvalue weighted by molar-refractivity contribution is 6.31. The third-order valence-electron chi connectivity index (χ3n) is 2.70.